The minimum Gasteiger partial charge on any atom is -0.268 e. The molecule has 3 rings (SSSR count). The lowest BCUT2D eigenvalue weighted by molar-refractivity contribution is -0.135. The van der Waals surface area contributed by atoms with Crippen molar-refractivity contribution in [3.05, 3.63) is 33.6 Å². The van der Waals surface area contributed by atoms with E-state index in [0.717, 1.165) is 19.6 Å². The highest BCUT2D eigenvalue weighted by Crippen LogP contribution is 2.53. The van der Waals surface area contributed by atoms with E-state index in [9.17, 15) is 14.4 Å². The van der Waals surface area contributed by atoms with Gasteiger partial charge in [-0.1, -0.05) is 50.4 Å². The van der Waals surface area contributed by atoms with Crippen molar-refractivity contribution in [1.29, 1.82) is 0 Å². The Hall–Kier alpha value is -1.73. The predicted octanol–water partition coefficient (Wildman–Crippen LogP) is 4.22. The molecular formula is C19H22N2O3S2. The van der Waals surface area contributed by atoms with Gasteiger partial charge in [-0.3, -0.25) is 19.4 Å². The lowest BCUT2D eigenvalue weighted by Gasteiger charge is -2.33. The van der Waals surface area contributed by atoms with Gasteiger partial charge in [-0.25, -0.2) is 4.79 Å². The van der Waals surface area contributed by atoms with Crippen LogP contribution in [0.2, 0.25) is 0 Å². The second-order valence-electron chi connectivity index (χ2n) is 7.16. The van der Waals surface area contributed by atoms with Gasteiger partial charge in [-0.2, -0.15) is 0 Å². The van der Waals surface area contributed by atoms with Crippen molar-refractivity contribution in [3.63, 3.8) is 0 Å². The number of imide groups is 2. The highest BCUT2D eigenvalue weighted by molar-refractivity contribution is 8.24. The molecular weight excluding hydrogens is 368 g/mol. The largest absolute Gasteiger partial charge is 0.333 e. The molecule has 0 bridgehead atoms. The number of urea groups is 1. The van der Waals surface area contributed by atoms with Crippen LogP contribution in [0.4, 0.5) is 4.79 Å². The van der Waals surface area contributed by atoms with Gasteiger partial charge in [0.05, 0.1) is 4.24 Å². The van der Waals surface area contributed by atoms with Gasteiger partial charge in [0.25, 0.3) is 11.8 Å². The van der Waals surface area contributed by atoms with Crippen molar-refractivity contribution in [2.24, 2.45) is 0 Å². The van der Waals surface area contributed by atoms with Crippen LogP contribution in [0, 0.1) is 0 Å². The zero-order valence-corrected chi connectivity index (χ0v) is 17.2. The summed E-state index contributed by atoms with van der Waals surface area (Å²) in [5.41, 5.74) is 1.34. The Bertz CT molecular complexity index is 812. The summed E-state index contributed by atoms with van der Waals surface area (Å²) in [7, 11) is 0. The minimum atomic E-state index is -0.533. The van der Waals surface area contributed by atoms with Crippen LogP contribution in [0.15, 0.2) is 37.8 Å². The highest BCUT2D eigenvalue weighted by atomic mass is 32.2. The van der Waals surface area contributed by atoms with Crippen LogP contribution in [0.1, 0.15) is 40.2 Å². The molecule has 0 aromatic heterocycles. The van der Waals surface area contributed by atoms with Crippen LogP contribution in [0.5, 0.6) is 0 Å². The van der Waals surface area contributed by atoms with Crippen molar-refractivity contribution in [3.8, 4) is 0 Å². The molecule has 2 aliphatic heterocycles. The number of hydrogen-bond acceptors (Lipinski definition) is 5. The Kier molecular flexibility index (Phi) is 4.96. The number of amides is 4. The first-order chi connectivity index (χ1) is 12.2. The number of carbonyl (C=O) groups excluding carboxylic acids is 3. The first kappa shape index (κ1) is 19.0. The fourth-order valence-electron chi connectivity index (χ4n) is 2.87. The van der Waals surface area contributed by atoms with Gasteiger partial charge in [0.1, 0.15) is 5.57 Å². The molecule has 26 heavy (non-hydrogen) atoms. The van der Waals surface area contributed by atoms with Gasteiger partial charge < -0.3 is 0 Å². The fourth-order valence-corrected chi connectivity index (χ4v) is 5.43. The second-order valence-corrected chi connectivity index (χ2v) is 9.52. The Balaban J connectivity index is 2.03. The van der Waals surface area contributed by atoms with Gasteiger partial charge in [0, 0.05) is 22.9 Å². The number of thioether (sulfide) groups is 2. The van der Waals surface area contributed by atoms with Crippen molar-refractivity contribution < 1.29 is 14.4 Å². The van der Waals surface area contributed by atoms with Gasteiger partial charge in [0.15, 0.2) is 0 Å². The van der Waals surface area contributed by atoms with Gasteiger partial charge >= 0.3 is 6.03 Å². The fraction of sp³-hybridized carbons (Fsp3) is 0.421. The molecule has 1 aromatic carbocycles. The Labute approximate surface area is 162 Å². The summed E-state index contributed by atoms with van der Waals surface area (Å²) in [5.74, 6) is -0.989. The first-order valence-corrected chi connectivity index (χ1v) is 10.2. The van der Waals surface area contributed by atoms with Crippen molar-refractivity contribution in [1.82, 2.24) is 9.80 Å². The van der Waals surface area contributed by atoms with E-state index < -0.39 is 17.8 Å². The average Bonchev–Trinajstić information content (AvgIpc) is 2.97. The Morgan fingerprint density at radius 2 is 1.42 bits per heavy atom. The van der Waals surface area contributed by atoms with Crippen LogP contribution < -0.4 is 0 Å². The van der Waals surface area contributed by atoms with E-state index in [1.165, 1.54) is 29.1 Å². The number of hydrogen-bond donors (Lipinski definition) is 0. The number of benzene rings is 1. The van der Waals surface area contributed by atoms with E-state index in [1.807, 2.05) is 6.07 Å². The molecule has 5 nitrogen and oxygen atoms in total. The SMILES string of the molecule is CCN1C(=O)C(=C2Sc3ccc(C(C)(C)C)cc3S2)C(=O)N(CC)C1=O. The van der Waals surface area contributed by atoms with E-state index in [-0.39, 0.29) is 24.1 Å². The van der Waals surface area contributed by atoms with E-state index in [4.69, 9.17) is 0 Å². The van der Waals surface area contributed by atoms with Gasteiger partial charge in [0.2, 0.25) is 0 Å². The number of barbiturate groups is 1. The molecule has 2 heterocycles. The van der Waals surface area contributed by atoms with Crippen LogP contribution in [-0.4, -0.2) is 40.7 Å². The molecule has 0 saturated carbocycles. The Morgan fingerprint density at radius 1 is 0.885 bits per heavy atom. The topological polar surface area (TPSA) is 57.7 Å². The van der Waals surface area contributed by atoms with Crippen LogP contribution in [-0.2, 0) is 15.0 Å². The number of nitrogens with zero attached hydrogens (tertiary/aromatic N) is 2. The number of likely N-dealkylation sites (N-methyl/N-ethyl adjacent to an activating group) is 2. The lowest BCUT2D eigenvalue weighted by atomic mass is 9.87. The summed E-state index contributed by atoms with van der Waals surface area (Å²) < 4.78 is 0.658. The van der Waals surface area contributed by atoms with E-state index >= 15 is 0 Å². The maximum Gasteiger partial charge on any atom is 0.333 e. The zero-order valence-electron chi connectivity index (χ0n) is 15.6. The maximum absolute atomic E-state index is 12.8. The summed E-state index contributed by atoms with van der Waals surface area (Å²) in [6, 6.07) is 5.72. The van der Waals surface area contributed by atoms with Crippen LogP contribution >= 0.6 is 23.5 Å². The van der Waals surface area contributed by atoms with E-state index in [2.05, 4.69) is 32.9 Å². The Morgan fingerprint density at radius 3 is 1.92 bits per heavy atom. The number of carbonyl (C=O) groups is 3. The molecule has 0 aliphatic carbocycles. The number of rotatable bonds is 2. The normalized spacial score (nSPS) is 18.1. The third kappa shape index (κ3) is 3.07. The zero-order chi connectivity index (χ0) is 19.2. The monoisotopic (exact) mass is 390 g/mol. The smallest absolute Gasteiger partial charge is 0.268 e. The summed E-state index contributed by atoms with van der Waals surface area (Å²) >= 11 is 2.88. The maximum atomic E-state index is 12.8. The van der Waals surface area contributed by atoms with Crippen molar-refractivity contribution in [2.45, 2.75) is 49.8 Å². The molecule has 4 amide bonds. The molecule has 1 fully saturated rings. The molecule has 2 aliphatic rings. The van der Waals surface area contributed by atoms with Crippen LogP contribution in [0.3, 0.4) is 0 Å². The van der Waals surface area contributed by atoms with Crippen LogP contribution in [0.25, 0.3) is 0 Å². The molecule has 0 atom stereocenters. The van der Waals surface area contributed by atoms with Crippen molar-refractivity contribution >= 4 is 41.4 Å². The van der Waals surface area contributed by atoms with Crippen molar-refractivity contribution in [2.75, 3.05) is 13.1 Å². The predicted molar refractivity (Wildman–Crippen MR) is 104 cm³/mol. The first-order valence-electron chi connectivity index (χ1n) is 8.61. The van der Waals surface area contributed by atoms with E-state index in [1.54, 1.807) is 13.8 Å². The molecule has 0 unspecified atom stereocenters. The summed E-state index contributed by atoms with van der Waals surface area (Å²) in [4.78, 5) is 42.2. The van der Waals surface area contributed by atoms with Gasteiger partial charge in [-0.05, 0) is 37.0 Å². The molecule has 0 N–H and O–H groups in total. The summed E-state index contributed by atoms with van der Waals surface area (Å²) in [5, 5.41) is 0. The summed E-state index contributed by atoms with van der Waals surface area (Å²) in [6.45, 7) is 10.4. The third-order valence-corrected chi connectivity index (χ3v) is 6.97. The molecule has 1 aromatic rings. The number of fused-ring (bicyclic) bond motifs is 1. The quantitative estimate of drug-likeness (QED) is 0.559. The third-order valence-electron chi connectivity index (χ3n) is 4.43. The van der Waals surface area contributed by atoms with Gasteiger partial charge in [-0.15, -0.1) is 0 Å². The van der Waals surface area contributed by atoms with E-state index in [0.29, 0.717) is 4.24 Å². The molecule has 1 saturated heterocycles. The average molecular weight is 391 g/mol. The molecule has 138 valence electrons. The molecule has 7 heteroatoms. The second kappa shape index (κ2) is 6.78. The highest BCUT2D eigenvalue weighted by Gasteiger charge is 2.43. The summed E-state index contributed by atoms with van der Waals surface area (Å²) in [6.07, 6.45) is 0. The standard InChI is InChI=1S/C19H22N2O3S2/c1-6-20-15(22)14(16(23)21(7-2)18(20)24)17-25-12-9-8-11(19(3,4)5)10-13(12)26-17/h8-10H,6-7H2,1-5H3. The molecule has 0 spiro atoms. The lowest BCUT2D eigenvalue weighted by Crippen LogP contribution is -2.56. The molecule has 0 radical (unpaired) electrons. The minimum absolute atomic E-state index is 0.0249.